The highest BCUT2D eigenvalue weighted by atomic mass is 35.5. The Morgan fingerprint density at radius 1 is 1.24 bits per heavy atom. The van der Waals surface area contributed by atoms with E-state index in [0.29, 0.717) is 28.6 Å². The SMILES string of the molecule is COc1ccc(-c2noc(C3=C(C)N(CCC(C)C)C(=O)NC3c3ccc(Cl)cc3)n2)cc1F. The molecule has 3 aromatic rings. The van der Waals surface area contributed by atoms with Gasteiger partial charge in [0.15, 0.2) is 11.6 Å². The van der Waals surface area contributed by atoms with Crippen molar-refractivity contribution in [1.29, 1.82) is 0 Å². The van der Waals surface area contributed by atoms with Gasteiger partial charge < -0.3 is 14.6 Å². The second-order valence-corrected chi connectivity index (χ2v) is 8.98. The molecular formula is C25H26ClFN4O3. The van der Waals surface area contributed by atoms with Gasteiger partial charge in [-0.05, 0) is 55.2 Å². The van der Waals surface area contributed by atoms with Gasteiger partial charge in [-0.3, -0.25) is 4.90 Å². The first-order chi connectivity index (χ1) is 16.3. The third-order valence-electron chi connectivity index (χ3n) is 5.80. The Morgan fingerprint density at radius 2 is 1.97 bits per heavy atom. The highest BCUT2D eigenvalue weighted by Gasteiger charge is 2.35. The fourth-order valence-electron chi connectivity index (χ4n) is 3.88. The maximum Gasteiger partial charge on any atom is 0.322 e. The molecule has 1 atom stereocenters. The minimum atomic E-state index is -0.523. The van der Waals surface area contributed by atoms with Gasteiger partial charge in [0, 0.05) is 22.8 Å². The smallest absolute Gasteiger partial charge is 0.322 e. The Morgan fingerprint density at radius 3 is 2.62 bits per heavy atom. The Kier molecular flexibility index (Phi) is 6.88. The van der Waals surface area contributed by atoms with E-state index >= 15 is 0 Å². The van der Waals surface area contributed by atoms with Crippen molar-refractivity contribution in [2.24, 2.45) is 5.92 Å². The normalized spacial score (nSPS) is 16.3. The van der Waals surface area contributed by atoms with Crippen LogP contribution >= 0.6 is 11.6 Å². The molecule has 0 radical (unpaired) electrons. The van der Waals surface area contributed by atoms with Crippen LogP contribution in [-0.4, -0.2) is 34.7 Å². The predicted octanol–water partition coefficient (Wildman–Crippen LogP) is 6.08. The number of hydrogen-bond acceptors (Lipinski definition) is 5. The van der Waals surface area contributed by atoms with E-state index in [9.17, 15) is 9.18 Å². The molecule has 0 saturated heterocycles. The molecular weight excluding hydrogens is 459 g/mol. The zero-order valence-corrected chi connectivity index (χ0v) is 20.2. The van der Waals surface area contributed by atoms with Gasteiger partial charge in [-0.1, -0.05) is 42.7 Å². The number of nitrogens with one attached hydrogen (secondary N) is 1. The Labute approximate surface area is 202 Å². The lowest BCUT2D eigenvalue weighted by Gasteiger charge is -2.35. The number of methoxy groups -OCH3 is 1. The van der Waals surface area contributed by atoms with E-state index in [0.717, 1.165) is 17.7 Å². The van der Waals surface area contributed by atoms with Crippen LogP contribution in [0.25, 0.3) is 17.0 Å². The predicted molar refractivity (Wildman–Crippen MR) is 128 cm³/mol. The molecule has 0 bridgehead atoms. The molecule has 178 valence electrons. The van der Waals surface area contributed by atoms with Crippen molar-refractivity contribution in [3.8, 4) is 17.1 Å². The molecule has 2 heterocycles. The lowest BCUT2D eigenvalue weighted by Crippen LogP contribution is -2.46. The van der Waals surface area contributed by atoms with Crippen molar-refractivity contribution < 1.29 is 18.4 Å². The van der Waals surface area contributed by atoms with Gasteiger partial charge in [0.25, 0.3) is 5.89 Å². The quantitative estimate of drug-likeness (QED) is 0.439. The molecule has 1 unspecified atom stereocenters. The van der Waals surface area contributed by atoms with Gasteiger partial charge in [-0.15, -0.1) is 0 Å². The van der Waals surface area contributed by atoms with Crippen LogP contribution in [0.15, 0.2) is 52.7 Å². The van der Waals surface area contributed by atoms with Crippen LogP contribution in [0.5, 0.6) is 5.75 Å². The number of urea groups is 1. The van der Waals surface area contributed by atoms with Crippen molar-refractivity contribution >= 4 is 23.2 Å². The average molecular weight is 485 g/mol. The van der Waals surface area contributed by atoms with Crippen molar-refractivity contribution in [1.82, 2.24) is 20.4 Å². The second kappa shape index (κ2) is 9.85. The zero-order valence-electron chi connectivity index (χ0n) is 19.4. The third-order valence-corrected chi connectivity index (χ3v) is 6.05. The van der Waals surface area contributed by atoms with Crippen molar-refractivity contribution in [3.63, 3.8) is 0 Å². The number of halogens is 2. The number of nitrogens with zero attached hydrogens (tertiary/aromatic N) is 3. The molecule has 34 heavy (non-hydrogen) atoms. The summed E-state index contributed by atoms with van der Waals surface area (Å²) in [6, 6.07) is 11.0. The van der Waals surface area contributed by atoms with Gasteiger partial charge in [0.1, 0.15) is 0 Å². The van der Waals surface area contributed by atoms with E-state index in [-0.39, 0.29) is 23.5 Å². The molecule has 1 aromatic heterocycles. The average Bonchev–Trinajstić information content (AvgIpc) is 3.28. The number of amides is 2. The van der Waals surface area contributed by atoms with Crippen LogP contribution in [0.4, 0.5) is 9.18 Å². The number of hydrogen-bond donors (Lipinski definition) is 1. The molecule has 4 rings (SSSR count). The van der Waals surface area contributed by atoms with E-state index in [4.69, 9.17) is 20.9 Å². The molecule has 1 aliphatic rings. The summed E-state index contributed by atoms with van der Waals surface area (Å²) in [5.41, 5.74) is 2.68. The van der Waals surface area contributed by atoms with Crippen LogP contribution in [0.2, 0.25) is 5.02 Å². The summed E-state index contributed by atoms with van der Waals surface area (Å²) < 4.78 is 24.8. The van der Waals surface area contributed by atoms with Gasteiger partial charge >= 0.3 is 6.03 Å². The summed E-state index contributed by atoms with van der Waals surface area (Å²) in [6.07, 6.45) is 0.837. The maximum absolute atomic E-state index is 14.2. The molecule has 7 nitrogen and oxygen atoms in total. The number of benzene rings is 2. The first-order valence-corrected chi connectivity index (χ1v) is 11.4. The lowest BCUT2D eigenvalue weighted by atomic mass is 9.94. The van der Waals surface area contributed by atoms with Crippen LogP contribution in [0, 0.1) is 11.7 Å². The summed E-state index contributed by atoms with van der Waals surface area (Å²) in [5, 5.41) is 7.72. The topological polar surface area (TPSA) is 80.5 Å². The molecule has 0 aliphatic carbocycles. The summed E-state index contributed by atoms with van der Waals surface area (Å²) in [4.78, 5) is 19.2. The first-order valence-electron chi connectivity index (χ1n) is 11.0. The molecule has 0 spiro atoms. The fraction of sp³-hybridized carbons (Fsp3) is 0.320. The number of rotatable bonds is 7. The van der Waals surface area contributed by atoms with Gasteiger partial charge in [-0.25, -0.2) is 9.18 Å². The highest BCUT2D eigenvalue weighted by molar-refractivity contribution is 6.30. The number of carbonyl (C=O) groups excluding carboxylic acids is 1. The number of allylic oxidation sites excluding steroid dienone is 1. The van der Waals surface area contributed by atoms with Crippen LogP contribution in [-0.2, 0) is 0 Å². The minimum Gasteiger partial charge on any atom is -0.494 e. The monoisotopic (exact) mass is 484 g/mol. The Hall–Kier alpha value is -3.39. The third kappa shape index (κ3) is 4.77. The summed E-state index contributed by atoms with van der Waals surface area (Å²) in [6.45, 7) is 6.64. The minimum absolute atomic E-state index is 0.129. The number of aromatic nitrogens is 2. The van der Waals surface area contributed by atoms with E-state index in [2.05, 4.69) is 29.3 Å². The van der Waals surface area contributed by atoms with Gasteiger partial charge in [-0.2, -0.15) is 4.98 Å². The van der Waals surface area contributed by atoms with Crippen LogP contribution in [0.3, 0.4) is 0 Å². The highest BCUT2D eigenvalue weighted by Crippen LogP contribution is 2.38. The number of ether oxygens (including phenoxy) is 1. The molecule has 1 aliphatic heterocycles. The van der Waals surface area contributed by atoms with E-state index < -0.39 is 11.9 Å². The van der Waals surface area contributed by atoms with Crippen molar-refractivity contribution in [3.05, 3.63) is 70.5 Å². The van der Waals surface area contributed by atoms with Gasteiger partial charge in [0.05, 0.1) is 18.7 Å². The van der Waals surface area contributed by atoms with Crippen molar-refractivity contribution in [2.45, 2.75) is 33.2 Å². The second-order valence-electron chi connectivity index (χ2n) is 8.54. The van der Waals surface area contributed by atoms with Gasteiger partial charge in [0.2, 0.25) is 5.82 Å². The van der Waals surface area contributed by atoms with Crippen LogP contribution in [0.1, 0.15) is 44.7 Å². The summed E-state index contributed by atoms with van der Waals surface area (Å²) >= 11 is 6.07. The molecule has 9 heteroatoms. The van der Waals surface area contributed by atoms with E-state index in [1.165, 1.54) is 19.2 Å². The van der Waals surface area contributed by atoms with Crippen LogP contribution < -0.4 is 10.1 Å². The zero-order chi connectivity index (χ0) is 24.4. The number of carbonyl (C=O) groups is 1. The van der Waals surface area contributed by atoms with Crippen molar-refractivity contribution in [2.75, 3.05) is 13.7 Å². The molecule has 0 fully saturated rings. The molecule has 2 aromatic carbocycles. The standard InChI is InChI=1S/C25H26ClFN4O3/c1-14(2)11-12-31-15(3)21(22(28-25(31)32)16-5-8-18(26)9-6-16)24-29-23(30-34-24)17-7-10-20(33-4)19(27)13-17/h5-10,13-14,22H,11-12H2,1-4H3,(H,28,32). The summed E-state index contributed by atoms with van der Waals surface area (Å²) in [5.74, 6) is 0.517. The largest absolute Gasteiger partial charge is 0.494 e. The first kappa shape index (κ1) is 23.8. The van der Waals surface area contributed by atoms with E-state index in [1.807, 2.05) is 19.1 Å². The lowest BCUT2D eigenvalue weighted by molar-refractivity contribution is 0.202. The maximum atomic E-state index is 14.2. The molecule has 1 N–H and O–H groups in total. The van der Waals surface area contributed by atoms with E-state index in [1.54, 1.807) is 23.1 Å². The molecule has 2 amide bonds. The molecule has 0 saturated carbocycles. The Bertz CT molecular complexity index is 1220. The summed E-state index contributed by atoms with van der Waals surface area (Å²) in [7, 11) is 1.40. The Balaban J connectivity index is 1.77. The fourth-order valence-corrected chi connectivity index (χ4v) is 4.00.